The second-order valence-corrected chi connectivity index (χ2v) is 3.13. The summed E-state index contributed by atoms with van der Waals surface area (Å²) in [7, 11) is 1.28. The van der Waals surface area contributed by atoms with E-state index in [0.29, 0.717) is 10.9 Å². The minimum absolute atomic E-state index is 0.123. The molecular weight excluding hydrogens is 258 g/mol. The predicted octanol–water partition coefficient (Wildman–Crippen LogP) is 2.50. The van der Waals surface area contributed by atoms with Crippen molar-refractivity contribution in [1.82, 2.24) is 4.98 Å². The van der Waals surface area contributed by atoms with Gasteiger partial charge in [0.1, 0.15) is 5.82 Å². The Morgan fingerprint density at radius 2 is 2.29 bits per heavy atom. The van der Waals surface area contributed by atoms with E-state index < -0.39 is 6.43 Å². The molecule has 14 heavy (non-hydrogen) atoms. The first kappa shape index (κ1) is 11.2. The number of alkyl halides is 3. The summed E-state index contributed by atoms with van der Waals surface area (Å²) in [5.41, 5.74) is 5.80. The molecule has 0 atom stereocenters. The Bertz CT molecular complexity index is 333. The molecule has 78 valence electrons. The summed E-state index contributed by atoms with van der Waals surface area (Å²) in [4.78, 5) is 3.73. The van der Waals surface area contributed by atoms with E-state index in [-0.39, 0.29) is 17.3 Å². The molecule has 0 unspecified atom stereocenters. The summed E-state index contributed by atoms with van der Waals surface area (Å²) in [6, 6.07) is 1.29. The van der Waals surface area contributed by atoms with Gasteiger partial charge in [-0.15, -0.1) is 0 Å². The smallest absolute Gasteiger partial charge is 0.269 e. The van der Waals surface area contributed by atoms with Gasteiger partial charge in [0, 0.05) is 10.9 Å². The van der Waals surface area contributed by atoms with Gasteiger partial charge in [0.15, 0.2) is 0 Å². The predicted molar refractivity (Wildman–Crippen MR) is 52.8 cm³/mol. The molecular formula is C8H9BrF2N2O. The Hall–Kier alpha value is -0.910. The number of halogens is 3. The SMILES string of the molecule is COc1nc(N)c(CBr)cc1C(F)F. The van der Waals surface area contributed by atoms with Gasteiger partial charge in [0.2, 0.25) is 5.88 Å². The van der Waals surface area contributed by atoms with Crippen LogP contribution in [-0.4, -0.2) is 12.1 Å². The standard InChI is InChI=1S/C8H9BrF2N2O/c1-14-8-5(6(10)11)2-4(3-9)7(12)13-8/h2,6H,3H2,1H3,(H2,12,13). The second-order valence-electron chi connectivity index (χ2n) is 2.57. The molecule has 0 aliphatic rings. The highest BCUT2D eigenvalue weighted by molar-refractivity contribution is 9.08. The second kappa shape index (κ2) is 4.54. The highest BCUT2D eigenvalue weighted by Crippen LogP contribution is 2.30. The third kappa shape index (κ3) is 2.12. The van der Waals surface area contributed by atoms with Gasteiger partial charge in [-0.3, -0.25) is 0 Å². The molecule has 0 spiro atoms. The van der Waals surface area contributed by atoms with Crippen molar-refractivity contribution in [1.29, 1.82) is 0 Å². The van der Waals surface area contributed by atoms with Gasteiger partial charge < -0.3 is 10.5 Å². The molecule has 0 fully saturated rings. The van der Waals surface area contributed by atoms with Gasteiger partial charge in [-0.05, 0) is 6.07 Å². The van der Waals surface area contributed by atoms with Crippen molar-refractivity contribution in [2.45, 2.75) is 11.8 Å². The van der Waals surface area contributed by atoms with E-state index in [4.69, 9.17) is 10.5 Å². The topological polar surface area (TPSA) is 48.1 Å². The Labute approximate surface area is 88.4 Å². The summed E-state index contributed by atoms with van der Waals surface area (Å²) in [5.74, 6) is 0.0744. The Kier molecular flexibility index (Phi) is 3.62. The van der Waals surface area contributed by atoms with Crippen molar-refractivity contribution in [2.75, 3.05) is 12.8 Å². The average molecular weight is 267 g/mol. The molecule has 0 saturated carbocycles. The van der Waals surface area contributed by atoms with Crippen molar-refractivity contribution < 1.29 is 13.5 Å². The van der Waals surface area contributed by atoms with Crippen LogP contribution in [0.4, 0.5) is 14.6 Å². The third-order valence-corrected chi connectivity index (χ3v) is 2.30. The fourth-order valence-corrected chi connectivity index (χ4v) is 1.45. The molecule has 1 heterocycles. The van der Waals surface area contributed by atoms with Gasteiger partial charge >= 0.3 is 0 Å². The Morgan fingerprint density at radius 1 is 1.64 bits per heavy atom. The third-order valence-electron chi connectivity index (χ3n) is 1.70. The number of pyridine rings is 1. The lowest BCUT2D eigenvalue weighted by atomic mass is 10.2. The first-order valence-electron chi connectivity index (χ1n) is 3.77. The first-order chi connectivity index (χ1) is 6.60. The van der Waals surface area contributed by atoms with Crippen molar-refractivity contribution >= 4 is 21.7 Å². The summed E-state index contributed by atoms with van der Waals surface area (Å²) < 4.78 is 29.7. The summed E-state index contributed by atoms with van der Waals surface area (Å²) in [6.07, 6.45) is -2.61. The highest BCUT2D eigenvalue weighted by Gasteiger charge is 2.17. The fourth-order valence-electron chi connectivity index (χ4n) is 0.996. The molecule has 1 aromatic rings. The number of nitrogens with two attached hydrogens (primary N) is 1. The van der Waals surface area contributed by atoms with E-state index in [1.54, 1.807) is 0 Å². The number of aromatic nitrogens is 1. The number of hydrogen-bond donors (Lipinski definition) is 1. The molecule has 0 saturated heterocycles. The summed E-state index contributed by atoms with van der Waals surface area (Å²) >= 11 is 3.13. The lowest BCUT2D eigenvalue weighted by molar-refractivity contribution is 0.146. The zero-order valence-corrected chi connectivity index (χ0v) is 9.01. The monoisotopic (exact) mass is 266 g/mol. The van der Waals surface area contributed by atoms with Gasteiger partial charge in [0.25, 0.3) is 6.43 Å². The lowest BCUT2D eigenvalue weighted by Gasteiger charge is -2.09. The zero-order chi connectivity index (χ0) is 10.7. The van der Waals surface area contributed by atoms with E-state index in [1.807, 2.05) is 0 Å². The molecule has 0 aliphatic carbocycles. The normalized spacial score (nSPS) is 10.6. The largest absolute Gasteiger partial charge is 0.481 e. The van der Waals surface area contributed by atoms with Crippen molar-refractivity contribution in [3.8, 4) is 5.88 Å². The maximum absolute atomic E-state index is 12.5. The van der Waals surface area contributed by atoms with Crippen molar-refractivity contribution in [3.63, 3.8) is 0 Å². The molecule has 0 bridgehead atoms. The van der Waals surface area contributed by atoms with Crippen molar-refractivity contribution in [2.24, 2.45) is 0 Å². The molecule has 0 aromatic carbocycles. The van der Waals surface area contributed by atoms with Gasteiger partial charge in [-0.25, -0.2) is 8.78 Å². The molecule has 3 nitrogen and oxygen atoms in total. The average Bonchev–Trinajstić information content (AvgIpc) is 2.16. The van der Waals surface area contributed by atoms with Gasteiger partial charge in [-0.1, -0.05) is 15.9 Å². The maximum Gasteiger partial charge on any atom is 0.269 e. The van der Waals surface area contributed by atoms with Crippen LogP contribution >= 0.6 is 15.9 Å². The first-order valence-corrected chi connectivity index (χ1v) is 4.89. The minimum Gasteiger partial charge on any atom is -0.481 e. The number of nitrogen functional groups attached to an aromatic ring is 1. The number of nitrogens with zero attached hydrogens (tertiary/aromatic N) is 1. The van der Waals surface area contributed by atoms with E-state index >= 15 is 0 Å². The number of methoxy groups -OCH3 is 1. The summed E-state index contributed by atoms with van der Waals surface area (Å²) in [5, 5.41) is 0.384. The minimum atomic E-state index is -2.61. The van der Waals surface area contributed by atoms with Gasteiger partial charge in [-0.2, -0.15) is 4.98 Å². The van der Waals surface area contributed by atoms with Crippen LogP contribution in [0.15, 0.2) is 6.07 Å². The van der Waals surface area contributed by atoms with Crippen LogP contribution in [0.1, 0.15) is 17.6 Å². The van der Waals surface area contributed by atoms with Crippen LogP contribution in [0.2, 0.25) is 0 Å². The number of anilines is 1. The van der Waals surface area contributed by atoms with Gasteiger partial charge in [0.05, 0.1) is 12.7 Å². The van der Waals surface area contributed by atoms with E-state index in [9.17, 15) is 8.78 Å². The van der Waals surface area contributed by atoms with E-state index in [1.165, 1.54) is 13.2 Å². The maximum atomic E-state index is 12.5. The Balaban J connectivity index is 3.25. The number of rotatable bonds is 3. The molecule has 0 radical (unpaired) electrons. The Morgan fingerprint density at radius 3 is 2.71 bits per heavy atom. The van der Waals surface area contributed by atoms with Crippen LogP contribution in [0, 0.1) is 0 Å². The number of ether oxygens (including phenoxy) is 1. The molecule has 1 rings (SSSR count). The molecule has 2 N–H and O–H groups in total. The van der Waals surface area contributed by atoms with E-state index in [2.05, 4.69) is 20.9 Å². The van der Waals surface area contributed by atoms with Crippen LogP contribution in [0.3, 0.4) is 0 Å². The van der Waals surface area contributed by atoms with Crippen molar-refractivity contribution in [3.05, 3.63) is 17.2 Å². The molecule has 6 heteroatoms. The van der Waals surface area contributed by atoms with E-state index in [0.717, 1.165) is 0 Å². The van der Waals surface area contributed by atoms with Crippen LogP contribution in [0.25, 0.3) is 0 Å². The van der Waals surface area contributed by atoms with Crippen LogP contribution < -0.4 is 10.5 Å². The van der Waals surface area contributed by atoms with Crippen LogP contribution in [-0.2, 0) is 5.33 Å². The zero-order valence-electron chi connectivity index (χ0n) is 7.43. The highest BCUT2D eigenvalue weighted by atomic mass is 79.9. The number of hydrogen-bond acceptors (Lipinski definition) is 3. The molecule has 1 aromatic heterocycles. The lowest BCUT2D eigenvalue weighted by Crippen LogP contribution is -2.02. The molecule has 0 aliphatic heterocycles. The fraction of sp³-hybridized carbons (Fsp3) is 0.375. The van der Waals surface area contributed by atoms with Crippen LogP contribution in [0.5, 0.6) is 5.88 Å². The molecule has 0 amide bonds. The quantitative estimate of drug-likeness (QED) is 0.856. The summed E-state index contributed by atoms with van der Waals surface area (Å²) in [6.45, 7) is 0.